The summed E-state index contributed by atoms with van der Waals surface area (Å²) in [5, 5.41) is 13.7. The summed E-state index contributed by atoms with van der Waals surface area (Å²) < 4.78 is 1.66. The summed E-state index contributed by atoms with van der Waals surface area (Å²) in [5.74, 6) is 1.30. The van der Waals surface area contributed by atoms with Crippen molar-refractivity contribution in [3.8, 4) is 6.07 Å². The second kappa shape index (κ2) is 4.19. The number of hydrogen-bond acceptors (Lipinski definition) is 4. The Kier molecular flexibility index (Phi) is 3.20. The van der Waals surface area contributed by atoms with Crippen molar-refractivity contribution >= 4 is 17.6 Å². The molecule has 70 valence electrons. The minimum absolute atomic E-state index is 0.323. The van der Waals surface area contributed by atoms with Crippen LogP contribution in [0.2, 0.25) is 0 Å². The summed E-state index contributed by atoms with van der Waals surface area (Å²) in [6, 6.07) is 2.06. The minimum atomic E-state index is 0.323. The molecule has 1 rings (SSSR count). The fourth-order valence-electron chi connectivity index (χ4n) is 0.998. The second-order valence-corrected chi connectivity index (χ2v) is 3.73. The van der Waals surface area contributed by atoms with Crippen LogP contribution in [-0.2, 0) is 7.05 Å². The predicted molar refractivity (Wildman–Crippen MR) is 53.4 cm³/mol. The normalized spacial score (nSPS) is 9.92. The highest BCUT2D eigenvalue weighted by molar-refractivity contribution is 7.99. The van der Waals surface area contributed by atoms with Crippen LogP contribution in [0, 0.1) is 11.3 Å². The van der Waals surface area contributed by atoms with Crippen molar-refractivity contribution in [1.82, 2.24) is 9.78 Å². The Bertz CT molecular complexity index is 337. The first-order chi connectivity index (χ1) is 6.20. The lowest BCUT2D eigenvalue weighted by atomic mass is 10.4. The smallest absolute Gasteiger partial charge is 0.164 e. The zero-order chi connectivity index (χ0) is 9.84. The molecule has 0 aromatic carbocycles. The van der Waals surface area contributed by atoms with E-state index in [2.05, 4.69) is 18.1 Å². The third kappa shape index (κ3) is 1.95. The van der Waals surface area contributed by atoms with E-state index in [0.29, 0.717) is 11.4 Å². The highest BCUT2D eigenvalue weighted by atomic mass is 32.2. The molecular formula is C8H12N4S. The van der Waals surface area contributed by atoms with Gasteiger partial charge in [-0.25, -0.2) is 0 Å². The number of nitrogens with two attached hydrogens (primary N) is 1. The first kappa shape index (κ1) is 9.93. The molecule has 0 aliphatic carbocycles. The first-order valence-electron chi connectivity index (χ1n) is 4.06. The van der Waals surface area contributed by atoms with Gasteiger partial charge in [0.05, 0.1) is 0 Å². The van der Waals surface area contributed by atoms with E-state index in [1.54, 1.807) is 23.5 Å². The summed E-state index contributed by atoms with van der Waals surface area (Å²) in [7, 11) is 1.80. The Morgan fingerprint density at radius 1 is 1.69 bits per heavy atom. The van der Waals surface area contributed by atoms with Crippen LogP contribution in [0.15, 0.2) is 5.03 Å². The van der Waals surface area contributed by atoms with Crippen molar-refractivity contribution in [2.75, 3.05) is 11.5 Å². The number of anilines is 1. The Labute approximate surface area is 81.7 Å². The number of rotatable bonds is 3. The fourth-order valence-corrected chi connectivity index (χ4v) is 1.92. The van der Waals surface area contributed by atoms with Gasteiger partial charge in [-0.2, -0.15) is 10.4 Å². The number of nitrogens with zero attached hydrogens (tertiary/aromatic N) is 3. The molecule has 0 aliphatic rings. The molecule has 5 heteroatoms. The van der Waals surface area contributed by atoms with Crippen LogP contribution in [0.4, 0.5) is 5.82 Å². The number of hydrogen-bond donors (Lipinski definition) is 1. The molecule has 0 saturated heterocycles. The van der Waals surface area contributed by atoms with Crippen molar-refractivity contribution < 1.29 is 0 Å². The monoisotopic (exact) mass is 196 g/mol. The van der Waals surface area contributed by atoms with Crippen LogP contribution < -0.4 is 5.73 Å². The van der Waals surface area contributed by atoms with Gasteiger partial charge in [-0.1, -0.05) is 6.92 Å². The maximum atomic E-state index is 8.82. The lowest BCUT2D eigenvalue weighted by Gasteiger charge is -1.99. The Morgan fingerprint density at radius 3 is 2.92 bits per heavy atom. The van der Waals surface area contributed by atoms with Crippen LogP contribution in [0.25, 0.3) is 0 Å². The highest BCUT2D eigenvalue weighted by Crippen LogP contribution is 2.25. The van der Waals surface area contributed by atoms with Gasteiger partial charge < -0.3 is 5.73 Å². The van der Waals surface area contributed by atoms with Crippen molar-refractivity contribution in [3.63, 3.8) is 0 Å². The zero-order valence-corrected chi connectivity index (χ0v) is 8.56. The first-order valence-corrected chi connectivity index (χ1v) is 5.04. The van der Waals surface area contributed by atoms with E-state index in [4.69, 9.17) is 11.0 Å². The van der Waals surface area contributed by atoms with E-state index in [9.17, 15) is 0 Å². The minimum Gasteiger partial charge on any atom is -0.381 e. The highest BCUT2D eigenvalue weighted by Gasteiger charge is 2.12. The van der Waals surface area contributed by atoms with Gasteiger partial charge in [0.15, 0.2) is 5.82 Å². The Balaban J connectivity index is 2.97. The fraction of sp³-hybridized carbons (Fsp3) is 0.500. The van der Waals surface area contributed by atoms with Crippen molar-refractivity contribution in [1.29, 1.82) is 5.26 Å². The average molecular weight is 196 g/mol. The summed E-state index contributed by atoms with van der Waals surface area (Å²) in [5.41, 5.74) is 6.06. The van der Waals surface area contributed by atoms with Crippen LogP contribution in [0.1, 0.15) is 18.9 Å². The number of nitrogen functional groups attached to an aromatic ring is 1. The van der Waals surface area contributed by atoms with E-state index in [1.165, 1.54) is 0 Å². The van der Waals surface area contributed by atoms with Crippen LogP contribution >= 0.6 is 11.8 Å². The summed E-state index contributed by atoms with van der Waals surface area (Å²) in [6.45, 7) is 2.10. The molecule has 13 heavy (non-hydrogen) atoms. The van der Waals surface area contributed by atoms with Crippen LogP contribution in [0.5, 0.6) is 0 Å². The van der Waals surface area contributed by atoms with E-state index >= 15 is 0 Å². The molecule has 0 atom stereocenters. The maximum absolute atomic E-state index is 8.82. The molecule has 0 fully saturated rings. The average Bonchev–Trinajstić information content (AvgIpc) is 2.37. The molecule has 0 saturated carbocycles. The molecule has 0 radical (unpaired) electrons. The zero-order valence-electron chi connectivity index (χ0n) is 7.74. The second-order valence-electron chi connectivity index (χ2n) is 2.65. The maximum Gasteiger partial charge on any atom is 0.164 e. The molecule has 0 aliphatic heterocycles. The van der Waals surface area contributed by atoms with Gasteiger partial charge in [0, 0.05) is 7.05 Å². The van der Waals surface area contributed by atoms with Gasteiger partial charge in [-0.05, 0) is 12.2 Å². The summed E-state index contributed by atoms with van der Waals surface area (Å²) in [4.78, 5) is 0. The molecule has 1 aromatic rings. The lowest BCUT2D eigenvalue weighted by molar-refractivity contribution is 0.700. The molecule has 0 unspecified atom stereocenters. The van der Waals surface area contributed by atoms with Gasteiger partial charge in [0.1, 0.15) is 16.7 Å². The van der Waals surface area contributed by atoms with E-state index < -0.39 is 0 Å². The Morgan fingerprint density at radius 2 is 2.38 bits per heavy atom. The van der Waals surface area contributed by atoms with Crippen LogP contribution in [0.3, 0.4) is 0 Å². The quantitative estimate of drug-likeness (QED) is 0.741. The molecule has 2 N–H and O–H groups in total. The topological polar surface area (TPSA) is 67.6 Å². The molecule has 0 amide bonds. The largest absolute Gasteiger partial charge is 0.381 e. The third-order valence-electron chi connectivity index (χ3n) is 1.58. The Hall–Kier alpha value is -1.15. The number of thioether (sulfide) groups is 1. The standard InChI is InChI=1S/C8H12N4S/c1-3-4-13-8-6(5-9)7(10)11-12(8)2/h3-4H2,1-2H3,(H2,10,11). The van der Waals surface area contributed by atoms with Crippen molar-refractivity contribution in [2.24, 2.45) is 7.05 Å². The lowest BCUT2D eigenvalue weighted by Crippen LogP contribution is -1.93. The van der Waals surface area contributed by atoms with E-state index in [-0.39, 0.29) is 0 Å². The van der Waals surface area contributed by atoms with Gasteiger partial charge >= 0.3 is 0 Å². The van der Waals surface area contributed by atoms with Crippen molar-refractivity contribution in [3.05, 3.63) is 5.56 Å². The van der Waals surface area contributed by atoms with Gasteiger partial charge in [-0.15, -0.1) is 11.8 Å². The van der Waals surface area contributed by atoms with E-state index in [0.717, 1.165) is 17.2 Å². The summed E-state index contributed by atoms with van der Waals surface area (Å²) >= 11 is 1.62. The molecule has 0 bridgehead atoms. The van der Waals surface area contributed by atoms with Gasteiger partial charge in [0.2, 0.25) is 0 Å². The predicted octanol–water partition coefficient (Wildman–Crippen LogP) is 1.38. The third-order valence-corrected chi connectivity index (χ3v) is 2.93. The summed E-state index contributed by atoms with van der Waals surface area (Å²) in [6.07, 6.45) is 1.07. The molecule has 1 heterocycles. The SMILES string of the molecule is CCCSc1c(C#N)c(N)nn1C. The molecular weight excluding hydrogens is 184 g/mol. The van der Waals surface area contributed by atoms with E-state index in [1.807, 2.05) is 0 Å². The van der Waals surface area contributed by atoms with Gasteiger partial charge in [-0.3, -0.25) is 4.68 Å². The number of aryl methyl sites for hydroxylation is 1. The molecule has 0 spiro atoms. The molecule has 1 aromatic heterocycles. The number of nitriles is 1. The van der Waals surface area contributed by atoms with Crippen LogP contribution in [-0.4, -0.2) is 15.5 Å². The van der Waals surface area contributed by atoms with Crippen molar-refractivity contribution in [2.45, 2.75) is 18.4 Å². The molecule has 4 nitrogen and oxygen atoms in total. The number of aromatic nitrogens is 2. The van der Waals surface area contributed by atoms with Gasteiger partial charge in [0.25, 0.3) is 0 Å².